The van der Waals surface area contributed by atoms with Crippen LogP contribution >= 0.6 is 11.6 Å². The zero-order chi connectivity index (χ0) is 23.1. The molecule has 170 valence electrons. The third-order valence-electron chi connectivity index (χ3n) is 5.61. The lowest BCUT2D eigenvalue weighted by Crippen LogP contribution is -2.62. The molecule has 4 rings (SSSR count). The van der Waals surface area contributed by atoms with Gasteiger partial charge in [-0.3, -0.25) is 14.4 Å². The Balaban J connectivity index is 1.36. The molecule has 2 fully saturated rings. The number of halogens is 4. The van der Waals surface area contributed by atoms with Crippen molar-refractivity contribution in [3.63, 3.8) is 0 Å². The van der Waals surface area contributed by atoms with Gasteiger partial charge in [0.2, 0.25) is 5.91 Å². The van der Waals surface area contributed by atoms with Crippen LogP contribution in [0.3, 0.4) is 0 Å². The van der Waals surface area contributed by atoms with E-state index in [4.69, 9.17) is 11.6 Å². The zero-order valence-electron chi connectivity index (χ0n) is 16.5. The van der Waals surface area contributed by atoms with Crippen LogP contribution in [0.4, 0.5) is 18.9 Å². The minimum atomic E-state index is -2.99. The summed E-state index contributed by atoms with van der Waals surface area (Å²) in [6.45, 7) is 0.113. The Hall–Kier alpha value is -3.15. The molecule has 9 nitrogen and oxygen atoms in total. The third kappa shape index (κ3) is 4.27. The number of nitrogens with zero attached hydrogens (tertiary/aromatic N) is 3. The maximum atomic E-state index is 13.6. The predicted octanol–water partition coefficient (Wildman–Crippen LogP) is 1.83. The van der Waals surface area contributed by atoms with Crippen LogP contribution in [0.15, 0.2) is 24.4 Å². The Morgan fingerprint density at radius 2 is 2.00 bits per heavy atom. The molecule has 1 atom stereocenters. The molecule has 0 bridgehead atoms. The molecule has 13 heteroatoms. The highest BCUT2D eigenvalue weighted by molar-refractivity contribution is 6.35. The quantitative estimate of drug-likeness (QED) is 0.589. The second-order valence-corrected chi connectivity index (χ2v) is 8.36. The molecule has 3 N–H and O–H groups in total. The van der Waals surface area contributed by atoms with Gasteiger partial charge in [-0.05, 0) is 24.6 Å². The molecule has 1 unspecified atom stereocenters. The first kappa shape index (κ1) is 22.1. The number of carbonyl (C=O) groups excluding carboxylic acids is 3. The third-order valence-corrected chi connectivity index (χ3v) is 5.90. The van der Waals surface area contributed by atoms with Crippen molar-refractivity contribution >= 4 is 35.0 Å². The molecule has 1 aromatic carbocycles. The summed E-state index contributed by atoms with van der Waals surface area (Å²) < 4.78 is 40.4. The Kier molecular flexibility index (Phi) is 5.57. The molecule has 1 saturated carbocycles. The number of anilines is 1. The number of alkyl halides is 2. The molecule has 32 heavy (non-hydrogen) atoms. The average Bonchev–Trinajstić information content (AvgIpc) is 3.41. The van der Waals surface area contributed by atoms with E-state index in [1.54, 1.807) is 0 Å². The number of rotatable bonds is 4. The van der Waals surface area contributed by atoms with Crippen LogP contribution in [-0.2, 0) is 19.9 Å². The number of carbonyl (C=O) groups is 3. The van der Waals surface area contributed by atoms with E-state index in [1.807, 2.05) is 0 Å². The van der Waals surface area contributed by atoms with E-state index >= 15 is 0 Å². The number of hydrogen-bond acceptors (Lipinski definition) is 5. The van der Waals surface area contributed by atoms with Gasteiger partial charge in [0.15, 0.2) is 0 Å². The molecule has 1 saturated heterocycles. The molecule has 0 radical (unpaired) electrons. The summed E-state index contributed by atoms with van der Waals surface area (Å²) in [6, 6.07) is 3.72. The summed E-state index contributed by atoms with van der Waals surface area (Å²) in [4.78, 5) is 38.8. The lowest BCUT2D eigenvalue weighted by Gasteiger charge is -2.46. The number of nitrogens with one attached hydrogen (secondary N) is 3. The highest BCUT2D eigenvalue weighted by Crippen LogP contribution is 2.50. The fraction of sp³-hybridized carbons (Fsp3) is 0.421. The topological polar surface area (TPSA) is 120 Å². The number of aromatic amines is 1. The van der Waals surface area contributed by atoms with Crippen molar-refractivity contribution in [1.29, 1.82) is 0 Å². The van der Waals surface area contributed by atoms with Crippen molar-refractivity contribution in [1.82, 2.24) is 25.6 Å². The highest BCUT2D eigenvalue weighted by Gasteiger charge is 2.60. The minimum Gasteiger partial charge on any atom is -0.336 e. The molecular weight excluding hydrogens is 453 g/mol. The van der Waals surface area contributed by atoms with Crippen LogP contribution in [0.25, 0.3) is 0 Å². The monoisotopic (exact) mass is 470 g/mol. The molecule has 3 amide bonds. The lowest BCUT2D eigenvalue weighted by molar-refractivity contribution is -0.159. The van der Waals surface area contributed by atoms with Crippen molar-refractivity contribution in [3.05, 3.63) is 40.9 Å². The normalized spacial score (nSPS) is 21.0. The van der Waals surface area contributed by atoms with Crippen molar-refractivity contribution < 1.29 is 27.6 Å². The van der Waals surface area contributed by atoms with Crippen LogP contribution in [0, 0.1) is 11.7 Å². The first-order chi connectivity index (χ1) is 15.1. The molecule has 2 heterocycles. The van der Waals surface area contributed by atoms with Gasteiger partial charge >= 0.3 is 11.8 Å². The second-order valence-electron chi connectivity index (χ2n) is 7.96. The molecule has 0 spiro atoms. The Labute approximate surface area is 184 Å². The first-order valence-electron chi connectivity index (χ1n) is 9.70. The van der Waals surface area contributed by atoms with Gasteiger partial charge in [0.25, 0.3) is 5.92 Å². The average molecular weight is 471 g/mol. The lowest BCUT2D eigenvalue weighted by atomic mass is 9.71. The summed E-state index contributed by atoms with van der Waals surface area (Å²) in [5, 5.41) is 14.5. The number of benzene rings is 1. The maximum Gasteiger partial charge on any atom is 0.311 e. The van der Waals surface area contributed by atoms with Crippen LogP contribution < -0.4 is 10.6 Å². The van der Waals surface area contributed by atoms with Gasteiger partial charge in [0, 0.05) is 31.6 Å². The van der Waals surface area contributed by atoms with Crippen LogP contribution in [0.5, 0.6) is 0 Å². The summed E-state index contributed by atoms with van der Waals surface area (Å²) >= 11 is 5.70. The van der Waals surface area contributed by atoms with Gasteiger partial charge < -0.3 is 15.5 Å². The van der Waals surface area contributed by atoms with Gasteiger partial charge in [0.05, 0.1) is 22.7 Å². The van der Waals surface area contributed by atoms with E-state index in [0.29, 0.717) is 12.1 Å². The number of amides is 3. The van der Waals surface area contributed by atoms with E-state index in [2.05, 4.69) is 26.0 Å². The van der Waals surface area contributed by atoms with Crippen LogP contribution in [0.1, 0.15) is 25.0 Å². The van der Waals surface area contributed by atoms with E-state index in [1.165, 1.54) is 23.2 Å². The second kappa shape index (κ2) is 8.08. The first-order valence-corrected chi connectivity index (χ1v) is 10.1. The summed E-state index contributed by atoms with van der Waals surface area (Å²) in [6.07, 6.45) is 0.123. The van der Waals surface area contributed by atoms with E-state index in [9.17, 15) is 27.6 Å². The molecule has 1 aromatic heterocycles. The zero-order valence-corrected chi connectivity index (χ0v) is 17.3. The molecule has 2 aliphatic rings. The van der Waals surface area contributed by atoms with Crippen molar-refractivity contribution in [2.24, 2.45) is 5.92 Å². The van der Waals surface area contributed by atoms with Crippen LogP contribution in [0.2, 0.25) is 5.02 Å². The van der Waals surface area contributed by atoms with Gasteiger partial charge in [-0.1, -0.05) is 11.6 Å². The predicted molar refractivity (Wildman–Crippen MR) is 105 cm³/mol. The number of hydrogen-bond donors (Lipinski definition) is 3. The van der Waals surface area contributed by atoms with Crippen LogP contribution in [-0.4, -0.2) is 57.0 Å². The smallest absolute Gasteiger partial charge is 0.311 e. The van der Waals surface area contributed by atoms with Crippen molar-refractivity contribution in [3.8, 4) is 0 Å². The summed E-state index contributed by atoms with van der Waals surface area (Å²) in [5.74, 6) is -6.62. The van der Waals surface area contributed by atoms with Crippen molar-refractivity contribution in [2.45, 2.75) is 30.7 Å². The van der Waals surface area contributed by atoms with Gasteiger partial charge in [-0.25, -0.2) is 13.2 Å². The SMILES string of the molecule is O=C(NC1(c2cn[nH]n2)CC(F)(F)C1)C(=O)N1CCC(C(=O)Nc2ccc(F)c(Cl)c2)C1. The number of aromatic nitrogens is 3. The standard InChI is InChI=1S/C19H18ClF3N6O3/c20-12-5-11(1-2-13(12)21)25-15(30)10-3-4-29(7-10)17(32)16(31)26-18(8-19(22,23)9-18)14-6-24-28-27-14/h1-2,5-6,10H,3-4,7-9H2,(H,25,30)(H,26,31)(H,24,27,28). The van der Waals surface area contributed by atoms with E-state index in [0.717, 1.165) is 6.07 Å². The largest absolute Gasteiger partial charge is 0.336 e. The maximum absolute atomic E-state index is 13.6. The van der Waals surface area contributed by atoms with Gasteiger partial charge in [-0.15, -0.1) is 0 Å². The summed E-state index contributed by atoms with van der Waals surface area (Å²) in [7, 11) is 0. The fourth-order valence-electron chi connectivity index (χ4n) is 3.99. The van der Waals surface area contributed by atoms with Gasteiger partial charge in [0.1, 0.15) is 11.5 Å². The molecule has 2 aromatic rings. The van der Waals surface area contributed by atoms with E-state index in [-0.39, 0.29) is 23.8 Å². The van der Waals surface area contributed by atoms with Gasteiger partial charge in [-0.2, -0.15) is 15.4 Å². The fourth-order valence-corrected chi connectivity index (χ4v) is 4.17. The number of likely N-dealkylation sites (tertiary alicyclic amines) is 1. The molecular formula is C19H18ClF3N6O3. The number of H-pyrrole nitrogens is 1. The highest BCUT2D eigenvalue weighted by atomic mass is 35.5. The summed E-state index contributed by atoms with van der Waals surface area (Å²) in [5.41, 5.74) is -1.08. The Morgan fingerprint density at radius 3 is 2.62 bits per heavy atom. The Bertz CT molecular complexity index is 1060. The van der Waals surface area contributed by atoms with E-state index < -0.39 is 53.8 Å². The molecule has 1 aliphatic heterocycles. The van der Waals surface area contributed by atoms with Crippen molar-refractivity contribution in [2.75, 3.05) is 18.4 Å². The Morgan fingerprint density at radius 1 is 1.25 bits per heavy atom. The minimum absolute atomic E-state index is 0.0276. The molecule has 1 aliphatic carbocycles.